The number of rotatable bonds is 6. The quantitative estimate of drug-likeness (QED) is 0.742. The molecule has 3 N–H and O–H groups in total. The van der Waals surface area contributed by atoms with Crippen molar-refractivity contribution in [1.82, 2.24) is 10.2 Å². The second-order valence-electron chi connectivity index (χ2n) is 5.23. The van der Waals surface area contributed by atoms with Crippen LogP contribution in [0.2, 0.25) is 0 Å². The second-order valence-corrected chi connectivity index (χ2v) is 5.23. The summed E-state index contributed by atoms with van der Waals surface area (Å²) < 4.78 is 0. The van der Waals surface area contributed by atoms with Gasteiger partial charge in [-0.3, -0.25) is 0 Å². The van der Waals surface area contributed by atoms with Gasteiger partial charge >= 0.3 is 12.0 Å². The van der Waals surface area contributed by atoms with Crippen LogP contribution in [0.5, 0.6) is 5.75 Å². The van der Waals surface area contributed by atoms with E-state index in [-0.39, 0.29) is 24.2 Å². The fourth-order valence-corrected chi connectivity index (χ4v) is 2.25. The number of amides is 2. The summed E-state index contributed by atoms with van der Waals surface area (Å²) in [6, 6.07) is 5.24. The lowest BCUT2D eigenvalue weighted by Gasteiger charge is -2.23. The zero-order valence-corrected chi connectivity index (χ0v) is 12.0. The Hall–Kier alpha value is -2.24. The summed E-state index contributed by atoms with van der Waals surface area (Å²) in [5, 5.41) is 21.1. The molecule has 21 heavy (non-hydrogen) atoms. The SMILES string of the molecule is CCN(C(=O)N[C@@H](Cc1ccc(O)cc1)C(=O)O)C1CC1. The molecule has 2 amide bonds. The number of carboxylic acid groups (broad SMARTS) is 1. The highest BCUT2D eigenvalue weighted by Gasteiger charge is 2.33. The van der Waals surface area contributed by atoms with Crippen LogP contribution in [0.25, 0.3) is 0 Å². The molecule has 0 heterocycles. The first-order valence-electron chi connectivity index (χ1n) is 7.09. The maximum atomic E-state index is 12.1. The van der Waals surface area contributed by atoms with Crippen molar-refractivity contribution < 1.29 is 19.8 Å². The molecule has 1 saturated carbocycles. The molecule has 1 aliphatic rings. The molecule has 0 radical (unpaired) electrons. The predicted molar refractivity (Wildman–Crippen MR) is 77.2 cm³/mol. The zero-order valence-electron chi connectivity index (χ0n) is 12.0. The third-order valence-electron chi connectivity index (χ3n) is 3.56. The van der Waals surface area contributed by atoms with Gasteiger partial charge in [0.1, 0.15) is 11.8 Å². The van der Waals surface area contributed by atoms with Crippen LogP contribution in [0.1, 0.15) is 25.3 Å². The minimum atomic E-state index is -1.07. The molecular weight excluding hydrogens is 272 g/mol. The molecule has 2 rings (SSSR count). The number of carboxylic acids is 1. The lowest BCUT2D eigenvalue weighted by atomic mass is 10.1. The van der Waals surface area contributed by atoms with Crippen LogP contribution in [0.15, 0.2) is 24.3 Å². The second kappa shape index (κ2) is 6.47. The highest BCUT2D eigenvalue weighted by atomic mass is 16.4. The number of carbonyl (C=O) groups excluding carboxylic acids is 1. The zero-order chi connectivity index (χ0) is 15.4. The number of hydrogen-bond donors (Lipinski definition) is 3. The summed E-state index contributed by atoms with van der Waals surface area (Å²) in [5.41, 5.74) is 0.745. The van der Waals surface area contributed by atoms with E-state index >= 15 is 0 Å². The average Bonchev–Trinajstić information content (AvgIpc) is 3.26. The number of phenolic OH excluding ortho intramolecular Hbond substituents is 1. The number of phenols is 1. The van der Waals surface area contributed by atoms with Crippen LogP contribution < -0.4 is 5.32 Å². The Labute approximate surface area is 123 Å². The van der Waals surface area contributed by atoms with Gasteiger partial charge in [-0.15, -0.1) is 0 Å². The van der Waals surface area contributed by atoms with E-state index in [2.05, 4.69) is 5.32 Å². The number of benzene rings is 1. The molecular formula is C15H20N2O4. The van der Waals surface area contributed by atoms with Crippen molar-refractivity contribution in [2.24, 2.45) is 0 Å². The van der Waals surface area contributed by atoms with Gasteiger partial charge in [-0.25, -0.2) is 9.59 Å². The smallest absolute Gasteiger partial charge is 0.326 e. The molecule has 6 heteroatoms. The maximum Gasteiger partial charge on any atom is 0.326 e. The molecule has 1 aromatic carbocycles. The largest absolute Gasteiger partial charge is 0.508 e. The fourth-order valence-electron chi connectivity index (χ4n) is 2.25. The standard InChI is InChI=1S/C15H20N2O4/c1-2-17(11-5-6-11)15(21)16-13(14(19)20)9-10-3-7-12(18)8-4-10/h3-4,7-8,11,13,18H,2,5-6,9H2,1H3,(H,16,21)(H,19,20)/t13-/m0/s1. The van der Waals surface area contributed by atoms with Crippen LogP contribution in [-0.2, 0) is 11.2 Å². The van der Waals surface area contributed by atoms with Crippen molar-refractivity contribution in [3.63, 3.8) is 0 Å². The average molecular weight is 292 g/mol. The maximum absolute atomic E-state index is 12.1. The van der Waals surface area contributed by atoms with Crippen LogP contribution in [0.4, 0.5) is 4.79 Å². The van der Waals surface area contributed by atoms with Gasteiger partial charge in [0.2, 0.25) is 0 Å². The summed E-state index contributed by atoms with van der Waals surface area (Å²) >= 11 is 0. The third kappa shape index (κ3) is 4.11. The van der Waals surface area contributed by atoms with Gasteiger partial charge < -0.3 is 20.4 Å². The van der Waals surface area contributed by atoms with Crippen LogP contribution in [0.3, 0.4) is 0 Å². The number of aromatic hydroxyl groups is 1. The van der Waals surface area contributed by atoms with Crippen molar-refractivity contribution >= 4 is 12.0 Å². The highest BCUT2D eigenvalue weighted by Crippen LogP contribution is 2.26. The van der Waals surface area contributed by atoms with Crippen LogP contribution in [0, 0.1) is 0 Å². The number of carbonyl (C=O) groups is 2. The van der Waals surface area contributed by atoms with Gasteiger partial charge in [0.25, 0.3) is 0 Å². The van der Waals surface area contributed by atoms with E-state index in [1.165, 1.54) is 12.1 Å². The Morgan fingerprint density at radius 3 is 2.43 bits per heavy atom. The fraction of sp³-hybridized carbons (Fsp3) is 0.467. The Morgan fingerprint density at radius 2 is 1.95 bits per heavy atom. The molecule has 0 bridgehead atoms. The van der Waals surface area contributed by atoms with Gasteiger partial charge in [-0.2, -0.15) is 0 Å². The summed E-state index contributed by atoms with van der Waals surface area (Å²) in [5.74, 6) is -0.941. The van der Waals surface area contributed by atoms with Crippen molar-refractivity contribution in [3.05, 3.63) is 29.8 Å². The molecule has 0 saturated heterocycles. The van der Waals surface area contributed by atoms with Gasteiger partial charge in [0, 0.05) is 19.0 Å². The van der Waals surface area contributed by atoms with E-state index in [4.69, 9.17) is 0 Å². The molecule has 6 nitrogen and oxygen atoms in total. The van der Waals surface area contributed by atoms with Crippen molar-refractivity contribution in [2.75, 3.05) is 6.54 Å². The monoisotopic (exact) mass is 292 g/mol. The van der Waals surface area contributed by atoms with E-state index < -0.39 is 12.0 Å². The first kappa shape index (κ1) is 15.2. The third-order valence-corrected chi connectivity index (χ3v) is 3.56. The number of urea groups is 1. The molecule has 1 atom stereocenters. The minimum Gasteiger partial charge on any atom is -0.508 e. The minimum absolute atomic E-state index is 0.126. The Kier molecular flexibility index (Phi) is 4.67. The van der Waals surface area contributed by atoms with E-state index in [9.17, 15) is 19.8 Å². The predicted octanol–water partition coefficient (Wildman–Crippen LogP) is 1.58. The topological polar surface area (TPSA) is 89.9 Å². The Bertz CT molecular complexity index is 511. The Balaban J connectivity index is 1.99. The van der Waals surface area contributed by atoms with Crippen LogP contribution >= 0.6 is 0 Å². The molecule has 0 aromatic heterocycles. The molecule has 1 aliphatic carbocycles. The lowest BCUT2D eigenvalue weighted by Crippen LogP contribution is -2.49. The molecule has 1 fully saturated rings. The van der Waals surface area contributed by atoms with Gasteiger partial charge in [-0.1, -0.05) is 12.1 Å². The number of hydrogen-bond acceptors (Lipinski definition) is 3. The highest BCUT2D eigenvalue weighted by molar-refractivity contribution is 5.83. The summed E-state index contributed by atoms with van der Waals surface area (Å²) in [6.45, 7) is 2.45. The molecule has 0 unspecified atom stereocenters. The van der Waals surface area contributed by atoms with Gasteiger partial charge in [-0.05, 0) is 37.5 Å². The van der Waals surface area contributed by atoms with Gasteiger partial charge in [0.05, 0.1) is 0 Å². The van der Waals surface area contributed by atoms with E-state index in [1.807, 2.05) is 6.92 Å². The molecule has 0 spiro atoms. The first-order chi connectivity index (χ1) is 10.0. The summed E-state index contributed by atoms with van der Waals surface area (Å²) in [6.07, 6.45) is 2.15. The van der Waals surface area contributed by atoms with Crippen LogP contribution in [-0.4, -0.2) is 45.7 Å². The summed E-state index contributed by atoms with van der Waals surface area (Å²) in [7, 11) is 0. The first-order valence-corrected chi connectivity index (χ1v) is 7.09. The van der Waals surface area contributed by atoms with Crippen molar-refractivity contribution in [1.29, 1.82) is 0 Å². The molecule has 114 valence electrons. The lowest BCUT2D eigenvalue weighted by molar-refractivity contribution is -0.139. The number of nitrogens with zero attached hydrogens (tertiary/aromatic N) is 1. The van der Waals surface area contributed by atoms with E-state index in [0.717, 1.165) is 18.4 Å². The van der Waals surface area contributed by atoms with E-state index in [1.54, 1.807) is 17.0 Å². The summed E-state index contributed by atoms with van der Waals surface area (Å²) in [4.78, 5) is 25.1. The van der Waals surface area contributed by atoms with Crippen molar-refractivity contribution in [2.45, 2.75) is 38.3 Å². The Morgan fingerprint density at radius 1 is 1.33 bits per heavy atom. The number of nitrogens with one attached hydrogen (secondary N) is 1. The molecule has 0 aliphatic heterocycles. The van der Waals surface area contributed by atoms with E-state index in [0.29, 0.717) is 6.54 Å². The van der Waals surface area contributed by atoms with Gasteiger partial charge in [0.15, 0.2) is 0 Å². The number of aliphatic carboxylic acids is 1. The normalized spacial score (nSPS) is 15.3. The van der Waals surface area contributed by atoms with Crippen molar-refractivity contribution in [3.8, 4) is 5.75 Å². The molecule has 1 aromatic rings.